The molecular formula is C17H20N2O3. The first kappa shape index (κ1) is 16.0. The van der Waals surface area contributed by atoms with Crippen LogP contribution < -0.4 is 10.1 Å². The summed E-state index contributed by atoms with van der Waals surface area (Å²) in [5.41, 5.74) is 0.578. The van der Waals surface area contributed by atoms with Crippen LogP contribution in [-0.4, -0.2) is 29.1 Å². The second kappa shape index (κ2) is 8.14. The largest absolute Gasteiger partial charge is 0.456 e. The smallest absolute Gasteiger partial charge is 0.251 e. The zero-order chi connectivity index (χ0) is 15.8. The minimum absolute atomic E-state index is 0.127. The molecule has 0 aliphatic carbocycles. The number of pyridine rings is 1. The van der Waals surface area contributed by atoms with Crippen molar-refractivity contribution in [2.24, 2.45) is 5.92 Å². The van der Waals surface area contributed by atoms with Gasteiger partial charge in [-0.25, -0.2) is 0 Å². The van der Waals surface area contributed by atoms with Crippen LogP contribution in [0, 0.1) is 5.92 Å². The maximum absolute atomic E-state index is 12.0. The fourth-order valence-electron chi connectivity index (χ4n) is 1.91. The molecule has 1 amide bonds. The zero-order valence-electron chi connectivity index (χ0n) is 12.5. The normalized spacial score (nSPS) is 11.7. The van der Waals surface area contributed by atoms with Crippen LogP contribution in [0.5, 0.6) is 11.5 Å². The highest BCUT2D eigenvalue weighted by Crippen LogP contribution is 2.20. The van der Waals surface area contributed by atoms with Crippen LogP contribution in [0.3, 0.4) is 0 Å². The molecule has 2 N–H and O–H groups in total. The van der Waals surface area contributed by atoms with E-state index in [4.69, 9.17) is 9.84 Å². The van der Waals surface area contributed by atoms with Gasteiger partial charge in [0, 0.05) is 24.9 Å². The molecule has 0 fully saturated rings. The number of carbonyl (C=O) groups excluding carboxylic acids is 1. The summed E-state index contributed by atoms with van der Waals surface area (Å²) in [7, 11) is 0. The molecular weight excluding hydrogens is 280 g/mol. The molecule has 2 rings (SSSR count). The fraction of sp³-hybridized carbons (Fsp3) is 0.294. The van der Waals surface area contributed by atoms with Crippen LogP contribution in [0.4, 0.5) is 0 Å². The summed E-state index contributed by atoms with van der Waals surface area (Å²) < 4.78 is 5.62. The Kier molecular flexibility index (Phi) is 5.91. The Bertz CT molecular complexity index is 585. The van der Waals surface area contributed by atoms with Gasteiger partial charge in [-0.1, -0.05) is 6.92 Å². The van der Waals surface area contributed by atoms with Gasteiger partial charge in [0.25, 0.3) is 5.91 Å². The van der Waals surface area contributed by atoms with Crippen LogP contribution in [-0.2, 0) is 0 Å². The van der Waals surface area contributed by atoms with Gasteiger partial charge in [0.2, 0.25) is 0 Å². The fourth-order valence-corrected chi connectivity index (χ4v) is 1.91. The number of aliphatic hydroxyl groups is 1. The van der Waals surface area contributed by atoms with E-state index in [1.807, 2.05) is 13.0 Å². The Balaban J connectivity index is 1.89. The van der Waals surface area contributed by atoms with Gasteiger partial charge < -0.3 is 15.2 Å². The molecule has 1 unspecified atom stereocenters. The Morgan fingerprint density at radius 3 is 2.68 bits per heavy atom. The highest BCUT2D eigenvalue weighted by molar-refractivity contribution is 5.94. The van der Waals surface area contributed by atoms with Crippen LogP contribution in [0.25, 0.3) is 0 Å². The van der Waals surface area contributed by atoms with E-state index in [0.717, 1.165) is 0 Å². The van der Waals surface area contributed by atoms with E-state index in [0.29, 0.717) is 30.0 Å². The van der Waals surface area contributed by atoms with Crippen LogP contribution in [0.1, 0.15) is 23.7 Å². The molecule has 1 atom stereocenters. The van der Waals surface area contributed by atoms with Gasteiger partial charge in [-0.05, 0) is 48.7 Å². The van der Waals surface area contributed by atoms with Crippen molar-refractivity contribution in [2.45, 2.75) is 13.3 Å². The molecule has 5 heteroatoms. The van der Waals surface area contributed by atoms with E-state index in [-0.39, 0.29) is 18.4 Å². The Labute approximate surface area is 130 Å². The Hall–Kier alpha value is -2.40. The van der Waals surface area contributed by atoms with E-state index in [1.54, 1.807) is 42.7 Å². The van der Waals surface area contributed by atoms with Crippen molar-refractivity contribution in [3.63, 3.8) is 0 Å². The summed E-state index contributed by atoms with van der Waals surface area (Å²) in [5, 5.41) is 11.7. The predicted molar refractivity (Wildman–Crippen MR) is 84.0 cm³/mol. The number of aromatic nitrogens is 1. The van der Waals surface area contributed by atoms with Gasteiger partial charge in [0.1, 0.15) is 11.5 Å². The second-order valence-corrected chi connectivity index (χ2v) is 5.14. The van der Waals surface area contributed by atoms with Gasteiger partial charge >= 0.3 is 0 Å². The summed E-state index contributed by atoms with van der Waals surface area (Å²) in [6, 6.07) is 10.6. The third kappa shape index (κ3) is 4.86. The lowest BCUT2D eigenvalue weighted by Gasteiger charge is -2.11. The average molecular weight is 300 g/mol. The summed E-state index contributed by atoms with van der Waals surface area (Å²) in [4.78, 5) is 16.0. The van der Waals surface area contributed by atoms with Crippen LogP contribution in [0.2, 0.25) is 0 Å². The average Bonchev–Trinajstić information content (AvgIpc) is 2.54. The van der Waals surface area contributed by atoms with Gasteiger partial charge in [0.05, 0.1) is 6.20 Å². The van der Waals surface area contributed by atoms with Crippen molar-refractivity contribution >= 4 is 5.91 Å². The number of hydrogen-bond donors (Lipinski definition) is 2. The van der Waals surface area contributed by atoms with Crippen LogP contribution in [0.15, 0.2) is 48.8 Å². The molecule has 0 saturated carbocycles. The SMILES string of the molecule is CC(CCO)CNC(=O)c1ccc(Oc2cccnc2)cc1. The minimum Gasteiger partial charge on any atom is -0.456 e. The number of benzene rings is 1. The maximum atomic E-state index is 12.0. The first-order chi connectivity index (χ1) is 10.7. The standard InChI is InChI=1S/C17H20N2O3/c1-13(8-10-20)11-19-17(21)14-4-6-15(7-5-14)22-16-3-2-9-18-12-16/h2-7,9,12-13,20H,8,10-11H2,1H3,(H,19,21). The molecule has 0 aliphatic rings. The maximum Gasteiger partial charge on any atom is 0.251 e. The van der Waals surface area contributed by atoms with Crippen molar-refractivity contribution in [3.8, 4) is 11.5 Å². The molecule has 0 aliphatic heterocycles. The number of aliphatic hydroxyl groups excluding tert-OH is 1. The molecule has 2 aromatic rings. The van der Waals surface area contributed by atoms with Gasteiger partial charge in [-0.2, -0.15) is 0 Å². The first-order valence-corrected chi connectivity index (χ1v) is 7.26. The van der Waals surface area contributed by atoms with Crippen molar-refractivity contribution < 1.29 is 14.6 Å². The lowest BCUT2D eigenvalue weighted by atomic mass is 10.1. The molecule has 0 spiro atoms. The Morgan fingerprint density at radius 1 is 1.27 bits per heavy atom. The highest BCUT2D eigenvalue weighted by Gasteiger charge is 2.08. The number of carbonyl (C=O) groups is 1. The molecule has 0 bridgehead atoms. The predicted octanol–water partition coefficient (Wildman–Crippen LogP) is 2.62. The zero-order valence-corrected chi connectivity index (χ0v) is 12.5. The van der Waals surface area contributed by atoms with Crippen molar-refractivity contribution in [1.29, 1.82) is 0 Å². The molecule has 0 radical (unpaired) electrons. The van der Waals surface area contributed by atoms with Gasteiger partial charge in [-0.3, -0.25) is 9.78 Å². The van der Waals surface area contributed by atoms with Crippen LogP contribution >= 0.6 is 0 Å². The lowest BCUT2D eigenvalue weighted by Crippen LogP contribution is -2.28. The summed E-state index contributed by atoms with van der Waals surface area (Å²) in [6.07, 6.45) is 3.99. The summed E-state index contributed by atoms with van der Waals surface area (Å²) in [6.45, 7) is 2.67. The highest BCUT2D eigenvalue weighted by atomic mass is 16.5. The quantitative estimate of drug-likeness (QED) is 0.824. The van der Waals surface area contributed by atoms with E-state index in [1.165, 1.54) is 0 Å². The summed E-state index contributed by atoms with van der Waals surface area (Å²) >= 11 is 0. The molecule has 0 saturated heterocycles. The molecule has 1 aromatic heterocycles. The molecule has 1 heterocycles. The third-order valence-corrected chi connectivity index (χ3v) is 3.22. The summed E-state index contributed by atoms with van der Waals surface area (Å²) in [5.74, 6) is 1.43. The number of amides is 1. The Morgan fingerprint density at radius 2 is 2.05 bits per heavy atom. The van der Waals surface area contributed by atoms with Crippen molar-refractivity contribution in [2.75, 3.05) is 13.2 Å². The van der Waals surface area contributed by atoms with Gasteiger partial charge in [0.15, 0.2) is 0 Å². The first-order valence-electron chi connectivity index (χ1n) is 7.26. The number of hydrogen-bond acceptors (Lipinski definition) is 4. The topological polar surface area (TPSA) is 71.5 Å². The lowest BCUT2D eigenvalue weighted by molar-refractivity contribution is 0.0945. The van der Waals surface area contributed by atoms with E-state index in [2.05, 4.69) is 10.3 Å². The third-order valence-electron chi connectivity index (χ3n) is 3.22. The van der Waals surface area contributed by atoms with Gasteiger partial charge in [-0.15, -0.1) is 0 Å². The van der Waals surface area contributed by atoms with Crippen molar-refractivity contribution in [3.05, 3.63) is 54.4 Å². The molecule has 1 aromatic carbocycles. The van der Waals surface area contributed by atoms with E-state index >= 15 is 0 Å². The molecule has 22 heavy (non-hydrogen) atoms. The number of nitrogens with zero attached hydrogens (tertiary/aromatic N) is 1. The minimum atomic E-state index is -0.127. The monoisotopic (exact) mass is 300 g/mol. The van der Waals surface area contributed by atoms with E-state index < -0.39 is 0 Å². The molecule has 5 nitrogen and oxygen atoms in total. The van der Waals surface area contributed by atoms with E-state index in [9.17, 15) is 4.79 Å². The second-order valence-electron chi connectivity index (χ2n) is 5.14. The number of nitrogens with one attached hydrogen (secondary N) is 1. The molecule has 116 valence electrons. The number of ether oxygens (including phenoxy) is 1. The number of rotatable bonds is 7. The van der Waals surface area contributed by atoms with Crippen molar-refractivity contribution in [1.82, 2.24) is 10.3 Å².